The molecule has 2 aromatic heterocycles. The number of aromatic nitrogens is 2. The number of fused-ring (bicyclic) bond motifs is 1. The van der Waals surface area contributed by atoms with E-state index in [9.17, 15) is 4.79 Å². The van der Waals surface area contributed by atoms with E-state index in [4.69, 9.17) is 4.98 Å². The predicted octanol–water partition coefficient (Wildman–Crippen LogP) is 4.83. The quantitative estimate of drug-likeness (QED) is 0.599. The molecule has 130 valence electrons. The zero-order valence-corrected chi connectivity index (χ0v) is 14.7. The van der Waals surface area contributed by atoms with Crippen LogP contribution in [0.3, 0.4) is 0 Å². The first-order chi connectivity index (χ1) is 12.3. The fourth-order valence-electron chi connectivity index (χ4n) is 3.00. The smallest absolute Gasteiger partial charge is 0.225 e. The monoisotopic (exact) mass is 335 g/mol. The molecular weight excluding hydrogens is 310 g/mol. The molecule has 0 radical (unpaired) electrons. The number of carbonyl (C=O) groups is 1. The van der Waals surface area contributed by atoms with E-state index in [0.29, 0.717) is 12.8 Å². The Morgan fingerprint density at radius 3 is 2.64 bits per heavy atom. The van der Waals surface area contributed by atoms with Crippen molar-refractivity contribution in [3.63, 3.8) is 0 Å². The summed E-state index contributed by atoms with van der Waals surface area (Å²) in [5.74, 6) is 0.857. The largest absolute Gasteiger partial charge is 0.310 e. The minimum atomic E-state index is 0.0658. The van der Waals surface area contributed by atoms with Crippen LogP contribution < -0.4 is 5.32 Å². The van der Waals surface area contributed by atoms with E-state index in [0.717, 1.165) is 30.0 Å². The third-order valence-electron chi connectivity index (χ3n) is 4.33. The van der Waals surface area contributed by atoms with Gasteiger partial charge in [0.1, 0.15) is 11.5 Å². The minimum absolute atomic E-state index is 0.0658. The Bertz CT molecular complexity index is 824. The van der Waals surface area contributed by atoms with Crippen molar-refractivity contribution in [2.75, 3.05) is 5.32 Å². The van der Waals surface area contributed by atoms with Crippen molar-refractivity contribution >= 4 is 17.4 Å². The highest BCUT2D eigenvalue weighted by molar-refractivity contribution is 5.91. The van der Waals surface area contributed by atoms with Gasteiger partial charge in [-0.05, 0) is 24.1 Å². The lowest BCUT2D eigenvalue weighted by atomic mass is 10.1. The summed E-state index contributed by atoms with van der Waals surface area (Å²) in [4.78, 5) is 17.1. The number of imidazole rings is 1. The van der Waals surface area contributed by atoms with Gasteiger partial charge in [0.25, 0.3) is 0 Å². The average molecular weight is 335 g/mol. The van der Waals surface area contributed by atoms with Crippen LogP contribution in [0.1, 0.15) is 50.3 Å². The molecule has 0 aliphatic carbocycles. The molecule has 0 atom stereocenters. The van der Waals surface area contributed by atoms with E-state index in [1.165, 1.54) is 18.4 Å². The molecule has 0 bridgehead atoms. The van der Waals surface area contributed by atoms with Crippen LogP contribution in [0.5, 0.6) is 0 Å². The van der Waals surface area contributed by atoms with Crippen LogP contribution in [-0.4, -0.2) is 15.3 Å². The second-order valence-electron chi connectivity index (χ2n) is 6.36. The summed E-state index contributed by atoms with van der Waals surface area (Å²) >= 11 is 0. The van der Waals surface area contributed by atoms with E-state index >= 15 is 0 Å². The van der Waals surface area contributed by atoms with Gasteiger partial charge in [0.2, 0.25) is 5.91 Å². The molecule has 4 heteroatoms. The lowest BCUT2D eigenvalue weighted by molar-refractivity contribution is -0.116. The summed E-state index contributed by atoms with van der Waals surface area (Å²) < 4.78 is 1.96. The van der Waals surface area contributed by atoms with Gasteiger partial charge in [0.05, 0.1) is 5.69 Å². The van der Waals surface area contributed by atoms with Gasteiger partial charge < -0.3 is 5.32 Å². The Balaban J connectivity index is 1.79. The maximum atomic E-state index is 12.4. The first-order valence-electron chi connectivity index (χ1n) is 9.07. The number of hydrogen-bond acceptors (Lipinski definition) is 2. The maximum Gasteiger partial charge on any atom is 0.225 e. The second kappa shape index (κ2) is 8.47. The van der Waals surface area contributed by atoms with Gasteiger partial charge in [0.15, 0.2) is 0 Å². The van der Waals surface area contributed by atoms with Gasteiger partial charge in [-0.3, -0.25) is 9.20 Å². The highest BCUT2D eigenvalue weighted by Crippen LogP contribution is 2.21. The Morgan fingerprint density at radius 1 is 1.04 bits per heavy atom. The van der Waals surface area contributed by atoms with E-state index in [2.05, 4.69) is 24.4 Å². The van der Waals surface area contributed by atoms with Crippen LogP contribution in [0.2, 0.25) is 0 Å². The molecule has 0 saturated carbocycles. The number of amides is 1. The van der Waals surface area contributed by atoms with E-state index in [-0.39, 0.29) is 5.91 Å². The van der Waals surface area contributed by atoms with Crippen molar-refractivity contribution < 1.29 is 4.79 Å². The van der Waals surface area contributed by atoms with Gasteiger partial charge in [-0.1, -0.05) is 62.6 Å². The number of pyridine rings is 1. The van der Waals surface area contributed by atoms with Crippen LogP contribution in [0.25, 0.3) is 5.65 Å². The maximum absolute atomic E-state index is 12.4. The number of nitrogens with one attached hydrogen (secondary N) is 1. The third kappa shape index (κ3) is 4.47. The normalized spacial score (nSPS) is 10.9. The molecule has 4 nitrogen and oxygen atoms in total. The van der Waals surface area contributed by atoms with Crippen LogP contribution >= 0.6 is 0 Å². The molecule has 0 spiro atoms. The van der Waals surface area contributed by atoms with Crippen molar-refractivity contribution in [1.29, 1.82) is 0 Å². The molecular formula is C21H25N3O. The third-order valence-corrected chi connectivity index (χ3v) is 4.33. The van der Waals surface area contributed by atoms with Crippen LogP contribution in [0.4, 0.5) is 5.82 Å². The van der Waals surface area contributed by atoms with Gasteiger partial charge in [-0.25, -0.2) is 4.98 Å². The number of anilines is 1. The molecule has 3 rings (SSSR count). The van der Waals surface area contributed by atoms with Crippen LogP contribution in [0, 0.1) is 0 Å². The van der Waals surface area contributed by atoms with E-state index in [1.54, 1.807) is 0 Å². The topological polar surface area (TPSA) is 46.4 Å². The summed E-state index contributed by atoms with van der Waals surface area (Å²) in [6, 6.07) is 16.1. The molecule has 2 heterocycles. The predicted molar refractivity (Wildman–Crippen MR) is 102 cm³/mol. The molecule has 0 aliphatic heterocycles. The Morgan fingerprint density at radius 2 is 1.84 bits per heavy atom. The van der Waals surface area contributed by atoms with Gasteiger partial charge in [-0.2, -0.15) is 0 Å². The van der Waals surface area contributed by atoms with Gasteiger partial charge in [0, 0.05) is 19.0 Å². The van der Waals surface area contributed by atoms with Crippen molar-refractivity contribution in [3.05, 3.63) is 66.0 Å². The van der Waals surface area contributed by atoms with Gasteiger partial charge >= 0.3 is 0 Å². The minimum Gasteiger partial charge on any atom is -0.310 e. The van der Waals surface area contributed by atoms with Crippen molar-refractivity contribution in [2.24, 2.45) is 0 Å². The van der Waals surface area contributed by atoms with Crippen molar-refractivity contribution in [3.8, 4) is 0 Å². The Kier molecular flexibility index (Phi) is 5.83. The number of rotatable bonds is 8. The summed E-state index contributed by atoms with van der Waals surface area (Å²) in [5.41, 5.74) is 2.94. The summed E-state index contributed by atoms with van der Waals surface area (Å²) in [6.07, 6.45) is 7.61. The summed E-state index contributed by atoms with van der Waals surface area (Å²) in [6.45, 7) is 2.17. The van der Waals surface area contributed by atoms with Crippen LogP contribution in [0.15, 0.2) is 54.7 Å². The molecule has 25 heavy (non-hydrogen) atoms. The number of hydrogen-bond donors (Lipinski definition) is 1. The average Bonchev–Trinajstić information content (AvgIpc) is 2.97. The molecule has 1 amide bonds. The molecule has 0 fully saturated rings. The van der Waals surface area contributed by atoms with Crippen molar-refractivity contribution in [2.45, 2.75) is 45.4 Å². The number of benzene rings is 1. The lowest BCUT2D eigenvalue weighted by Crippen LogP contribution is -2.14. The van der Waals surface area contributed by atoms with Crippen LogP contribution in [-0.2, 0) is 11.2 Å². The Labute approximate surface area is 148 Å². The first kappa shape index (κ1) is 17.2. The molecule has 0 aliphatic rings. The molecule has 1 N–H and O–H groups in total. The number of nitrogens with zero attached hydrogens (tertiary/aromatic N) is 2. The zero-order valence-electron chi connectivity index (χ0n) is 14.7. The summed E-state index contributed by atoms with van der Waals surface area (Å²) in [5, 5.41) is 3.09. The fraction of sp³-hybridized carbons (Fsp3) is 0.333. The summed E-state index contributed by atoms with van der Waals surface area (Å²) in [7, 11) is 0. The second-order valence-corrected chi connectivity index (χ2v) is 6.36. The molecule has 1 aromatic carbocycles. The highest BCUT2D eigenvalue weighted by Gasteiger charge is 2.14. The number of carbonyl (C=O) groups excluding carboxylic acids is 1. The van der Waals surface area contributed by atoms with Crippen molar-refractivity contribution in [1.82, 2.24) is 9.38 Å². The standard InChI is InChI=1S/C21H25N3O/c1-2-3-4-8-14-20(25)23-21-18(16-17-11-6-5-7-12-17)22-19-13-9-10-15-24(19)21/h5-7,9-13,15H,2-4,8,14,16H2,1H3,(H,23,25). The zero-order chi connectivity index (χ0) is 17.5. The number of unbranched alkanes of at least 4 members (excludes halogenated alkanes) is 3. The van der Waals surface area contributed by atoms with E-state index in [1.807, 2.05) is 47.0 Å². The Hall–Kier alpha value is -2.62. The SMILES string of the molecule is CCCCCCC(=O)Nc1c(Cc2ccccc2)nc2ccccn12. The van der Waals surface area contributed by atoms with Gasteiger partial charge in [-0.15, -0.1) is 0 Å². The fourth-order valence-corrected chi connectivity index (χ4v) is 3.00. The molecule has 0 saturated heterocycles. The molecule has 0 unspecified atom stereocenters. The lowest BCUT2D eigenvalue weighted by Gasteiger charge is -2.08. The first-order valence-corrected chi connectivity index (χ1v) is 9.07. The highest BCUT2D eigenvalue weighted by atomic mass is 16.1. The molecule has 3 aromatic rings. The van der Waals surface area contributed by atoms with E-state index < -0.39 is 0 Å².